The lowest BCUT2D eigenvalue weighted by Gasteiger charge is -2.15. The Kier molecular flexibility index (Phi) is 6.33. The van der Waals surface area contributed by atoms with Gasteiger partial charge in [0.1, 0.15) is 23.5 Å². The van der Waals surface area contributed by atoms with Gasteiger partial charge in [0.15, 0.2) is 0 Å². The van der Waals surface area contributed by atoms with Crippen LogP contribution < -0.4 is 10.6 Å². The quantitative estimate of drug-likeness (QED) is 0.572. The number of para-hydroxylation sites is 1. The molecule has 1 atom stereocenters. The zero-order valence-electron chi connectivity index (χ0n) is 16.5. The summed E-state index contributed by atoms with van der Waals surface area (Å²) in [5, 5.41) is 5.88. The number of nitrogens with zero attached hydrogens (tertiary/aromatic N) is 1. The van der Waals surface area contributed by atoms with E-state index in [9.17, 15) is 9.18 Å². The molecule has 0 spiro atoms. The van der Waals surface area contributed by atoms with Crippen molar-refractivity contribution in [3.8, 4) is 0 Å². The van der Waals surface area contributed by atoms with Crippen molar-refractivity contribution in [1.29, 1.82) is 0 Å². The number of fused-ring (bicyclic) bond motifs is 1. The second kappa shape index (κ2) is 9.49. The monoisotopic (exact) mass is 433 g/mol. The molecule has 1 amide bonds. The van der Waals surface area contributed by atoms with Gasteiger partial charge in [0.05, 0.1) is 5.71 Å². The van der Waals surface area contributed by atoms with Gasteiger partial charge in [-0.3, -0.25) is 4.99 Å². The van der Waals surface area contributed by atoms with E-state index in [0.29, 0.717) is 16.3 Å². The molecule has 5 nitrogen and oxygen atoms in total. The number of nitrogens with one attached hydrogen (secondary N) is 2. The minimum absolute atomic E-state index is 0.116. The predicted molar refractivity (Wildman–Crippen MR) is 123 cm³/mol. The van der Waals surface area contributed by atoms with Gasteiger partial charge in [-0.05, 0) is 23.8 Å². The van der Waals surface area contributed by atoms with Crippen molar-refractivity contribution in [1.82, 2.24) is 5.32 Å². The molecule has 0 saturated carbocycles. The summed E-state index contributed by atoms with van der Waals surface area (Å²) in [5.74, 6) is -0.377. The average Bonchev–Trinajstić information content (AvgIpc) is 2.93. The molecule has 31 heavy (non-hydrogen) atoms. The van der Waals surface area contributed by atoms with Crippen LogP contribution in [0.2, 0.25) is 0 Å². The fourth-order valence-electron chi connectivity index (χ4n) is 3.26. The molecular weight excluding hydrogens is 413 g/mol. The van der Waals surface area contributed by atoms with Crippen molar-refractivity contribution >= 4 is 34.7 Å². The molecule has 0 fully saturated rings. The number of thiocarbonyl (C=S) groups is 1. The molecule has 4 rings (SSSR count). The largest absolute Gasteiger partial charge is 0.445 e. The third kappa shape index (κ3) is 4.95. The Hall–Kier alpha value is -3.58. The van der Waals surface area contributed by atoms with Crippen LogP contribution in [0.1, 0.15) is 16.7 Å². The number of carbonyl (C=O) groups excluding carboxylic acids is 1. The Morgan fingerprint density at radius 3 is 2.45 bits per heavy atom. The SMILES string of the molecule is O=C(NCC1N=C(c2ccccc2F)c2ccccc2NC1=S)OCc1ccccc1. The smallest absolute Gasteiger partial charge is 0.407 e. The van der Waals surface area contributed by atoms with E-state index >= 15 is 0 Å². The third-order valence-electron chi connectivity index (χ3n) is 4.81. The number of alkyl carbamates (subject to hydrolysis) is 1. The highest BCUT2D eigenvalue weighted by molar-refractivity contribution is 7.80. The van der Waals surface area contributed by atoms with E-state index in [1.807, 2.05) is 54.6 Å². The van der Waals surface area contributed by atoms with Gasteiger partial charge in [-0.15, -0.1) is 0 Å². The van der Waals surface area contributed by atoms with Crippen LogP contribution >= 0.6 is 12.2 Å². The maximum absolute atomic E-state index is 14.6. The van der Waals surface area contributed by atoms with E-state index in [2.05, 4.69) is 10.6 Å². The van der Waals surface area contributed by atoms with Crippen molar-refractivity contribution in [2.75, 3.05) is 11.9 Å². The zero-order chi connectivity index (χ0) is 21.6. The Morgan fingerprint density at radius 1 is 1.00 bits per heavy atom. The number of halogens is 1. The molecule has 3 aromatic rings. The van der Waals surface area contributed by atoms with E-state index in [1.54, 1.807) is 18.2 Å². The lowest BCUT2D eigenvalue weighted by Crippen LogP contribution is -2.37. The third-order valence-corrected chi connectivity index (χ3v) is 5.18. The summed E-state index contributed by atoms with van der Waals surface area (Å²) in [5.41, 5.74) is 3.22. The molecule has 7 heteroatoms. The van der Waals surface area contributed by atoms with Gasteiger partial charge in [0.25, 0.3) is 0 Å². The summed E-state index contributed by atoms with van der Waals surface area (Å²) in [7, 11) is 0. The van der Waals surface area contributed by atoms with Gasteiger partial charge >= 0.3 is 6.09 Å². The molecule has 0 bridgehead atoms. The van der Waals surface area contributed by atoms with Crippen molar-refractivity contribution in [2.24, 2.45) is 4.99 Å². The molecule has 156 valence electrons. The topological polar surface area (TPSA) is 62.7 Å². The number of hydrogen-bond acceptors (Lipinski definition) is 4. The van der Waals surface area contributed by atoms with Crippen molar-refractivity contribution < 1.29 is 13.9 Å². The number of aliphatic imine (C=N–C) groups is 1. The number of amides is 1. The summed E-state index contributed by atoms with van der Waals surface area (Å²) in [4.78, 5) is 17.3. The summed E-state index contributed by atoms with van der Waals surface area (Å²) in [6.07, 6.45) is -0.573. The molecule has 0 saturated heterocycles. The summed E-state index contributed by atoms with van der Waals surface area (Å²) < 4.78 is 19.8. The van der Waals surface area contributed by atoms with Gasteiger partial charge in [-0.1, -0.05) is 72.9 Å². The van der Waals surface area contributed by atoms with Crippen LogP contribution in [0.25, 0.3) is 0 Å². The molecular formula is C24H20FN3O2S. The van der Waals surface area contributed by atoms with E-state index in [1.165, 1.54) is 6.07 Å². The molecule has 1 aliphatic heterocycles. The lowest BCUT2D eigenvalue weighted by atomic mass is 10.00. The molecule has 0 aliphatic carbocycles. The molecule has 1 aliphatic rings. The number of ether oxygens (including phenoxy) is 1. The summed E-state index contributed by atoms with van der Waals surface area (Å²) in [6, 6.07) is 22.7. The Morgan fingerprint density at radius 2 is 1.68 bits per heavy atom. The molecule has 0 aromatic heterocycles. The zero-order valence-corrected chi connectivity index (χ0v) is 17.4. The van der Waals surface area contributed by atoms with Crippen LogP contribution in [0.4, 0.5) is 14.9 Å². The van der Waals surface area contributed by atoms with Gasteiger partial charge in [-0.25, -0.2) is 9.18 Å². The number of rotatable bonds is 5. The normalized spacial score (nSPS) is 15.2. The van der Waals surface area contributed by atoms with Gasteiger partial charge in [-0.2, -0.15) is 0 Å². The highest BCUT2D eigenvalue weighted by atomic mass is 32.1. The number of carbonyl (C=O) groups is 1. The van der Waals surface area contributed by atoms with Crippen LogP contribution in [-0.4, -0.2) is 29.4 Å². The van der Waals surface area contributed by atoms with E-state index < -0.39 is 12.1 Å². The number of anilines is 1. The van der Waals surface area contributed by atoms with Crippen LogP contribution in [0, 0.1) is 5.82 Å². The van der Waals surface area contributed by atoms with Crippen molar-refractivity contribution in [3.05, 3.63) is 101 Å². The van der Waals surface area contributed by atoms with Crippen molar-refractivity contribution in [2.45, 2.75) is 12.6 Å². The first-order chi connectivity index (χ1) is 15.1. The number of benzodiazepines with no additional fused rings is 1. The van der Waals surface area contributed by atoms with Crippen molar-refractivity contribution in [3.63, 3.8) is 0 Å². The Bertz CT molecular complexity index is 1130. The van der Waals surface area contributed by atoms with E-state index in [0.717, 1.165) is 16.8 Å². The standard InChI is InChI=1S/C24H20FN3O2S/c25-19-12-6-4-10-17(19)22-18-11-5-7-13-20(18)28-23(31)21(27-22)14-26-24(29)30-15-16-8-2-1-3-9-16/h1-13,21H,14-15H2,(H,26,29)(H,28,31). The number of benzene rings is 3. The van der Waals surface area contributed by atoms with Gasteiger partial charge in [0.2, 0.25) is 0 Å². The molecule has 2 N–H and O–H groups in total. The lowest BCUT2D eigenvalue weighted by molar-refractivity contribution is 0.139. The van der Waals surface area contributed by atoms with Crippen LogP contribution in [0.15, 0.2) is 83.9 Å². The Labute approximate surface area is 185 Å². The fourth-order valence-corrected chi connectivity index (χ4v) is 3.51. The second-order valence-corrected chi connectivity index (χ2v) is 7.39. The first-order valence-corrected chi connectivity index (χ1v) is 10.2. The predicted octanol–water partition coefficient (Wildman–Crippen LogP) is 4.71. The van der Waals surface area contributed by atoms with Crippen LogP contribution in [0.5, 0.6) is 0 Å². The maximum atomic E-state index is 14.6. The van der Waals surface area contributed by atoms with Gasteiger partial charge < -0.3 is 15.4 Å². The fraction of sp³-hybridized carbons (Fsp3) is 0.125. The van der Waals surface area contributed by atoms with E-state index in [4.69, 9.17) is 21.9 Å². The first kappa shape index (κ1) is 20.7. The number of hydrogen-bond donors (Lipinski definition) is 2. The molecule has 0 radical (unpaired) electrons. The molecule has 3 aromatic carbocycles. The minimum Gasteiger partial charge on any atom is -0.445 e. The van der Waals surface area contributed by atoms with Gasteiger partial charge in [0, 0.05) is 23.4 Å². The minimum atomic E-state index is -0.582. The molecule has 1 unspecified atom stereocenters. The van der Waals surface area contributed by atoms with E-state index in [-0.39, 0.29) is 19.0 Å². The first-order valence-electron chi connectivity index (χ1n) is 9.79. The maximum Gasteiger partial charge on any atom is 0.407 e. The van der Waals surface area contributed by atoms with Crippen LogP contribution in [-0.2, 0) is 11.3 Å². The highest BCUT2D eigenvalue weighted by Gasteiger charge is 2.25. The Balaban J connectivity index is 1.53. The average molecular weight is 434 g/mol. The summed E-state index contributed by atoms with van der Waals surface area (Å²) >= 11 is 5.51. The highest BCUT2D eigenvalue weighted by Crippen LogP contribution is 2.25. The second-order valence-electron chi connectivity index (χ2n) is 6.95. The van der Waals surface area contributed by atoms with Crippen LogP contribution in [0.3, 0.4) is 0 Å². The summed E-state index contributed by atoms with van der Waals surface area (Å²) in [6.45, 7) is 0.278. The molecule has 1 heterocycles.